The van der Waals surface area contributed by atoms with E-state index in [0.29, 0.717) is 29.5 Å². The van der Waals surface area contributed by atoms with Gasteiger partial charge in [0.15, 0.2) is 0 Å². The van der Waals surface area contributed by atoms with E-state index in [4.69, 9.17) is 16.3 Å². The Morgan fingerprint density at radius 3 is 2.88 bits per heavy atom. The van der Waals surface area contributed by atoms with Crippen LogP contribution in [0.3, 0.4) is 0 Å². The second kappa shape index (κ2) is 7.53. The first-order chi connectivity index (χ1) is 12.1. The van der Waals surface area contributed by atoms with Crippen molar-refractivity contribution in [3.63, 3.8) is 0 Å². The number of benzene rings is 2. The molecule has 0 aliphatic carbocycles. The molecule has 1 aromatic heterocycles. The summed E-state index contributed by atoms with van der Waals surface area (Å²) in [6, 6.07) is 12.6. The average molecular weight is 359 g/mol. The highest BCUT2D eigenvalue weighted by Gasteiger charge is 2.14. The van der Waals surface area contributed by atoms with Gasteiger partial charge in [0.05, 0.1) is 12.1 Å². The van der Waals surface area contributed by atoms with Crippen molar-refractivity contribution < 1.29 is 9.53 Å². The van der Waals surface area contributed by atoms with Crippen molar-refractivity contribution in [1.29, 1.82) is 0 Å². The molecule has 1 amide bonds. The normalized spacial score (nSPS) is 10.8. The molecular formula is C18H19ClN4O2. The van der Waals surface area contributed by atoms with Crippen molar-refractivity contribution in [2.45, 2.75) is 13.5 Å². The van der Waals surface area contributed by atoms with Crippen molar-refractivity contribution >= 4 is 28.5 Å². The van der Waals surface area contributed by atoms with E-state index < -0.39 is 0 Å². The smallest absolute Gasteiger partial charge is 0.253 e. The van der Waals surface area contributed by atoms with Gasteiger partial charge in [-0.2, -0.15) is 0 Å². The van der Waals surface area contributed by atoms with Gasteiger partial charge in [0.1, 0.15) is 17.9 Å². The fourth-order valence-corrected chi connectivity index (χ4v) is 2.70. The van der Waals surface area contributed by atoms with Crippen LogP contribution in [0.25, 0.3) is 11.0 Å². The summed E-state index contributed by atoms with van der Waals surface area (Å²) in [6.45, 7) is 3.59. The first kappa shape index (κ1) is 17.2. The van der Waals surface area contributed by atoms with Gasteiger partial charge in [-0.05, 0) is 43.3 Å². The molecule has 25 heavy (non-hydrogen) atoms. The highest BCUT2D eigenvalue weighted by molar-refractivity contribution is 6.30. The lowest BCUT2D eigenvalue weighted by Crippen LogP contribution is -2.30. The number of nitrogens with zero attached hydrogens (tertiary/aromatic N) is 4. The Kier molecular flexibility index (Phi) is 5.19. The Morgan fingerprint density at radius 1 is 1.28 bits per heavy atom. The van der Waals surface area contributed by atoms with Crippen molar-refractivity contribution in [3.05, 3.63) is 53.1 Å². The maximum absolute atomic E-state index is 12.6. The molecule has 0 saturated carbocycles. The summed E-state index contributed by atoms with van der Waals surface area (Å²) < 4.78 is 7.43. The van der Waals surface area contributed by atoms with Gasteiger partial charge in [-0.1, -0.05) is 22.9 Å². The maximum atomic E-state index is 12.6. The lowest BCUT2D eigenvalue weighted by molar-refractivity contribution is 0.0774. The average Bonchev–Trinajstić information content (AvgIpc) is 3.03. The third-order valence-electron chi connectivity index (χ3n) is 3.90. The molecule has 1 heterocycles. The molecule has 2 aromatic carbocycles. The molecule has 3 aromatic rings. The van der Waals surface area contributed by atoms with E-state index in [-0.39, 0.29) is 5.91 Å². The summed E-state index contributed by atoms with van der Waals surface area (Å²) in [5.74, 6) is 0.605. The zero-order chi connectivity index (χ0) is 17.8. The van der Waals surface area contributed by atoms with Crippen LogP contribution in [0.5, 0.6) is 5.75 Å². The van der Waals surface area contributed by atoms with Gasteiger partial charge < -0.3 is 9.64 Å². The second-order valence-corrected chi connectivity index (χ2v) is 6.08. The number of rotatable bonds is 6. The van der Waals surface area contributed by atoms with E-state index >= 15 is 0 Å². The molecule has 0 unspecified atom stereocenters. The lowest BCUT2D eigenvalue weighted by Gasteiger charge is -2.17. The molecule has 0 atom stereocenters. The van der Waals surface area contributed by atoms with Crippen LogP contribution in [0.2, 0.25) is 5.02 Å². The van der Waals surface area contributed by atoms with Crippen molar-refractivity contribution in [2.75, 3.05) is 20.2 Å². The minimum absolute atomic E-state index is 0.0809. The number of fused-ring (bicyclic) bond motifs is 1. The van der Waals surface area contributed by atoms with Crippen LogP contribution >= 0.6 is 11.6 Å². The Hall–Kier alpha value is -2.60. The number of amides is 1. The fourth-order valence-electron chi connectivity index (χ4n) is 2.52. The standard InChI is InChI=1S/C18H19ClN4O2/c1-3-23-17-8-7-13(11-16(17)20-21-23)18(24)22(2)9-10-25-15-6-4-5-14(19)12-15/h4-8,11-12H,3,9-10H2,1-2H3. The molecule has 0 aliphatic heterocycles. The Bertz CT molecular complexity index is 894. The molecule has 0 spiro atoms. The SMILES string of the molecule is CCn1nnc2cc(C(=O)N(C)CCOc3cccc(Cl)c3)ccc21. The monoisotopic (exact) mass is 358 g/mol. The summed E-state index contributed by atoms with van der Waals surface area (Å²) in [7, 11) is 1.75. The van der Waals surface area contributed by atoms with Crippen LogP contribution < -0.4 is 4.74 Å². The molecule has 6 nitrogen and oxygen atoms in total. The quantitative estimate of drug-likeness (QED) is 0.678. The Balaban J connectivity index is 1.62. The van der Waals surface area contributed by atoms with Crippen molar-refractivity contribution in [3.8, 4) is 5.75 Å². The Labute approximate surface area is 150 Å². The molecule has 0 aliphatic rings. The number of carbonyl (C=O) groups is 1. The van der Waals surface area contributed by atoms with Crippen LogP contribution in [0.4, 0.5) is 0 Å². The number of aromatic nitrogens is 3. The molecule has 0 saturated heterocycles. The highest BCUT2D eigenvalue weighted by atomic mass is 35.5. The summed E-state index contributed by atoms with van der Waals surface area (Å²) in [4.78, 5) is 14.2. The topological polar surface area (TPSA) is 60.2 Å². The van der Waals surface area contributed by atoms with Gasteiger partial charge >= 0.3 is 0 Å². The molecule has 0 bridgehead atoms. The first-order valence-electron chi connectivity index (χ1n) is 8.05. The largest absolute Gasteiger partial charge is 0.492 e. The highest BCUT2D eigenvalue weighted by Crippen LogP contribution is 2.17. The number of aryl methyl sites for hydroxylation is 1. The van der Waals surface area contributed by atoms with Gasteiger partial charge in [0.2, 0.25) is 0 Å². The van der Waals surface area contributed by atoms with Crippen LogP contribution in [-0.2, 0) is 6.54 Å². The lowest BCUT2D eigenvalue weighted by atomic mass is 10.1. The summed E-state index contributed by atoms with van der Waals surface area (Å²) >= 11 is 5.92. The van der Waals surface area contributed by atoms with E-state index in [1.807, 2.05) is 25.1 Å². The molecular weight excluding hydrogens is 340 g/mol. The predicted octanol–water partition coefficient (Wildman–Crippen LogP) is 3.26. The number of hydrogen-bond acceptors (Lipinski definition) is 4. The third kappa shape index (κ3) is 3.91. The number of halogens is 1. The summed E-state index contributed by atoms with van der Waals surface area (Å²) in [5, 5.41) is 8.79. The van der Waals surface area contributed by atoms with E-state index in [1.54, 1.807) is 40.9 Å². The predicted molar refractivity (Wildman–Crippen MR) is 97.1 cm³/mol. The molecule has 130 valence electrons. The van der Waals surface area contributed by atoms with E-state index in [0.717, 1.165) is 17.6 Å². The first-order valence-corrected chi connectivity index (χ1v) is 8.43. The minimum atomic E-state index is -0.0809. The van der Waals surface area contributed by atoms with Crippen LogP contribution in [0, 0.1) is 0 Å². The molecule has 3 rings (SSSR count). The van der Waals surface area contributed by atoms with Crippen LogP contribution in [0.15, 0.2) is 42.5 Å². The molecule has 0 N–H and O–H groups in total. The third-order valence-corrected chi connectivity index (χ3v) is 4.13. The number of carbonyl (C=O) groups excluding carboxylic acids is 1. The summed E-state index contributed by atoms with van der Waals surface area (Å²) in [6.07, 6.45) is 0. The zero-order valence-corrected chi connectivity index (χ0v) is 14.9. The summed E-state index contributed by atoms with van der Waals surface area (Å²) in [5.41, 5.74) is 2.23. The fraction of sp³-hybridized carbons (Fsp3) is 0.278. The molecule has 0 radical (unpaired) electrons. The number of ether oxygens (including phenoxy) is 1. The van der Waals surface area contributed by atoms with E-state index in [9.17, 15) is 4.79 Å². The van der Waals surface area contributed by atoms with Crippen molar-refractivity contribution in [1.82, 2.24) is 19.9 Å². The van der Waals surface area contributed by atoms with Crippen molar-refractivity contribution in [2.24, 2.45) is 0 Å². The molecule has 7 heteroatoms. The van der Waals surface area contributed by atoms with Crippen LogP contribution in [0.1, 0.15) is 17.3 Å². The van der Waals surface area contributed by atoms with Gasteiger partial charge in [-0.3, -0.25) is 4.79 Å². The van der Waals surface area contributed by atoms with Gasteiger partial charge in [0, 0.05) is 24.2 Å². The van der Waals surface area contributed by atoms with Gasteiger partial charge in [-0.15, -0.1) is 5.10 Å². The number of hydrogen-bond donors (Lipinski definition) is 0. The van der Waals surface area contributed by atoms with Gasteiger partial charge in [0.25, 0.3) is 5.91 Å². The van der Waals surface area contributed by atoms with E-state index in [1.165, 1.54) is 0 Å². The zero-order valence-electron chi connectivity index (χ0n) is 14.1. The second-order valence-electron chi connectivity index (χ2n) is 5.64. The Morgan fingerprint density at radius 2 is 2.12 bits per heavy atom. The van der Waals surface area contributed by atoms with E-state index in [2.05, 4.69) is 10.3 Å². The van der Waals surface area contributed by atoms with Gasteiger partial charge in [-0.25, -0.2) is 4.68 Å². The molecule has 0 fully saturated rings. The maximum Gasteiger partial charge on any atom is 0.253 e. The van der Waals surface area contributed by atoms with Crippen LogP contribution in [-0.4, -0.2) is 46.0 Å². The minimum Gasteiger partial charge on any atom is -0.492 e. The number of likely N-dealkylation sites (N-methyl/N-ethyl adjacent to an activating group) is 1.